The quantitative estimate of drug-likeness (QED) is 0.821. The number of hydrogen-bond acceptors (Lipinski definition) is 2. The summed E-state index contributed by atoms with van der Waals surface area (Å²) in [5, 5.41) is 7.83. The molecule has 0 spiro atoms. The minimum Gasteiger partial charge on any atom is -0.310 e. The minimum atomic E-state index is 0.348. The van der Waals surface area contributed by atoms with E-state index in [1.807, 2.05) is 17.9 Å². The smallest absolute Gasteiger partial charge is 0.0522 e. The summed E-state index contributed by atoms with van der Waals surface area (Å²) in [4.78, 5) is 0. The van der Waals surface area contributed by atoms with Crippen LogP contribution in [-0.4, -0.2) is 16.3 Å². The topological polar surface area (TPSA) is 29.9 Å². The molecule has 0 saturated heterocycles. The fourth-order valence-corrected chi connectivity index (χ4v) is 3.03. The molecule has 2 rings (SSSR count). The molecule has 1 atom stereocenters. The number of nitrogens with one attached hydrogen (secondary N) is 1. The number of aromatic nitrogens is 2. The lowest BCUT2D eigenvalue weighted by molar-refractivity contribution is 0.547. The summed E-state index contributed by atoms with van der Waals surface area (Å²) in [6.45, 7) is 5.28. The van der Waals surface area contributed by atoms with Crippen LogP contribution in [0.2, 0.25) is 0 Å². The van der Waals surface area contributed by atoms with E-state index in [0.29, 0.717) is 6.04 Å². The van der Waals surface area contributed by atoms with Gasteiger partial charge in [-0.05, 0) is 59.2 Å². The fraction of sp³-hybridized carbons (Fsp3) is 0.400. The molecular formula is C15H20IN3. The van der Waals surface area contributed by atoms with Gasteiger partial charge < -0.3 is 5.32 Å². The average Bonchev–Trinajstić information content (AvgIpc) is 2.78. The van der Waals surface area contributed by atoms with Crippen LogP contribution in [0.25, 0.3) is 0 Å². The molecular weight excluding hydrogens is 349 g/mol. The van der Waals surface area contributed by atoms with Gasteiger partial charge in [-0.15, -0.1) is 0 Å². The first kappa shape index (κ1) is 14.5. The molecule has 0 aliphatic carbocycles. The molecule has 0 amide bonds. The van der Waals surface area contributed by atoms with Crippen LogP contribution in [0.15, 0.2) is 30.6 Å². The van der Waals surface area contributed by atoms with E-state index in [1.165, 1.54) is 20.3 Å². The first-order valence-corrected chi connectivity index (χ1v) is 7.65. The van der Waals surface area contributed by atoms with Gasteiger partial charge in [-0.25, -0.2) is 0 Å². The van der Waals surface area contributed by atoms with Crippen molar-refractivity contribution in [1.82, 2.24) is 15.1 Å². The summed E-state index contributed by atoms with van der Waals surface area (Å²) in [6.07, 6.45) is 5.02. The maximum Gasteiger partial charge on any atom is 0.0522 e. The third-order valence-electron chi connectivity index (χ3n) is 3.25. The normalized spacial score (nSPS) is 12.6. The van der Waals surface area contributed by atoms with Gasteiger partial charge in [-0.1, -0.05) is 25.1 Å². The standard InChI is InChI=1S/C15H20IN3/c1-4-17-14(8-12-9-18-19(3)10-12)13-7-5-6-11(2)15(13)16/h5-7,9-10,14,17H,4,8H2,1-3H3. The van der Waals surface area contributed by atoms with Crippen molar-refractivity contribution < 1.29 is 0 Å². The van der Waals surface area contributed by atoms with Crippen LogP contribution in [-0.2, 0) is 13.5 Å². The van der Waals surface area contributed by atoms with Crippen molar-refractivity contribution >= 4 is 22.6 Å². The summed E-state index contributed by atoms with van der Waals surface area (Å²) in [5.74, 6) is 0. The lowest BCUT2D eigenvalue weighted by atomic mass is 9.99. The van der Waals surface area contributed by atoms with E-state index >= 15 is 0 Å². The Bertz CT molecular complexity index is 548. The van der Waals surface area contributed by atoms with Gasteiger partial charge in [0.2, 0.25) is 0 Å². The SMILES string of the molecule is CCNC(Cc1cnn(C)c1)c1cccc(C)c1I. The first-order chi connectivity index (χ1) is 9.11. The van der Waals surface area contributed by atoms with Gasteiger partial charge in [0.1, 0.15) is 0 Å². The highest BCUT2D eigenvalue weighted by molar-refractivity contribution is 14.1. The number of halogens is 1. The molecule has 1 aromatic carbocycles. The second kappa shape index (κ2) is 6.52. The van der Waals surface area contributed by atoms with Crippen molar-refractivity contribution in [3.63, 3.8) is 0 Å². The summed E-state index contributed by atoms with van der Waals surface area (Å²) >= 11 is 2.45. The highest BCUT2D eigenvalue weighted by Gasteiger charge is 2.15. The Hall–Kier alpha value is -0.880. The van der Waals surface area contributed by atoms with Crippen LogP contribution in [0.3, 0.4) is 0 Å². The van der Waals surface area contributed by atoms with Crippen molar-refractivity contribution in [1.29, 1.82) is 0 Å². The molecule has 2 aromatic rings. The molecule has 0 aliphatic heterocycles. The third-order valence-corrected chi connectivity index (χ3v) is 4.72. The van der Waals surface area contributed by atoms with E-state index in [1.54, 1.807) is 0 Å². The number of nitrogens with zero attached hydrogens (tertiary/aromatic N) is 2. The number of hydrogen-bond donors (Lipinski definition) is 1. The van der Waals surface area contributed by atoms with Gasteiger partial charge >= 0.3 is 0 Å². The first-order valence-electron chi connectivity index (χ1n) is 6.57. The summed E-state index contributed by atoms with van der Waals surface area (Å²) in [5.41, 5.74) is 3.99. The molecule has 1 heterocycles. The van der Waals surface area contributed by atoms with E-state index < -0.39 is 0 Å². The zero-order valence-electron chi connectivity index (χ0n) is 11.7. The second-order valence-corrected chi connectivity index (χ2v) is 5.89. The molecule has 4 heteroatoms. The molecule has 3 nitrogen and oxygen atoms in total. The second-order valence-electron chi connectivity index (χ2n) is 4.81. The van der Waals surface area contributed by atoms with Crippen molar-refractivity contribution in [3.8, 4) is 0 Å². The van der Waals surface area contributed by atoms with Gasteiger partial charge in [0, 0.05) is 22.9 Å². The number of rotatable bonds is 5. The van der Waals surface area contributed by atoms with Crippen LogP contribution >= 0.6 is 22.6 Å². The molecule has 102 valence electrons. The molecule has 19 heavy (non-hydrogen) atoms. The highest BCUT2D eigenvalue weighted by Crippen LogP contribution is 2.25. The van der Waals surface area contributed by atoms with Gasteiger partial charge in [-0.2, -0.15) is 5.10 Å². The van der Waals surface area contributed by atoms with Crippen molar-refractivity contribution in [2.45, 2.75) is 26.3 Å². The number of likely N-dealkylation sites (N-methyl/N-ethyl adjacent to an activating group) is 1. The zero-order chi connectivity index (χ0) is 13.8. The van der Waals surface area contributed by atoms with Crippen LogP contribution in [0.1, 0.15) is 29.7 Å². The highest BCUT2D eigenvalue weighted by atomic mass is 127. The Morgan fingerprint density at radius 2 is 2.21 bits per heavy atom. The molecule has 0 fully saturated rings. The van der Waals surface area contributed by atoms with Gasteiger partial charge in [0.05, 0.1) is 6.20 Å². The Morgan fingerprint density at radius 3 is 2.84 bits per heavy atom. The van der Waals surface area contributed by atoms with Crippen LogP contribution < -0.4 is 5.32 Å². The van der Waals surface area contributed by atoms with Crippen molar-refractivity contribution in [2.24, 2.45) is 7.05 Å². The van der Waals surface area contributed by atoms with Gasteiger partial charge in [0.25, 0.3) is 0 Å². The lowest BCUT2D eigenvalue weighted by Gasteiger charge is -2.20. The number of aryl methyl sites for hydroxylation is 2. The molecule has 0 saturated carbocycles. The zero-order valence-corrected chi connectivity index (χ0v) is 13.8. The summed E-state index contributed by atoms with van der Waals surface area (Å²) < 4.78 is 3.22. The fourth-order valence-electron chi connectivity index (χ4n) is 2.29. The molecule has 1 unspecified atom stereocenters. The van der Waals surface area contributed by atoms with Crippen molar-refractivity contribution in [2.75, 3.05) is 6.54 Å². The molecule has 0 aliphatic rings. The van der Waals surface area contributed by atoms with E-state index in [2.05, 4.69) is 71.2 Å². The minimum absolute atomic E-state index is 0.348. The lowest BCUT2D eigenvalue weighted by Crippen LogP contribution is -2.24. The van der Waals surface area contributed by atoms with E-state index in [4.69, 9.17) is 0 Å². The van der Waals surface area contributed by atoms with E-state index in [9.17, 15) is 0 Å². The van der Waals surface area contributed by atoms with Crippen LogP contribution in [0.5, 0.6) is 0 Å². The Morgan fingerprint density at radius 1 is 1.42 bits per heavy atom. The van der Waals surface area contributed by atoms with Gasteiger partial charge in [0.15, 0.2) is 0 Å². The van der Waals surface area contributed by atoms with Crippen LogP contribution in [0, 0.1) is 10.5 Å². The number of benzene rings is 1. The summed E-state index contributed by atoms with van der Waals surface area (Å²) in [6, 6.07) is 6.87. The largest absolute Gasteiger partial charge is 0.310 e. The Labute approximate surface area is 128 Å². The van der Waals surface area contributed by atoms with Crippen molar-refractivity contribution in [3.05, 3.63) is 50.9 Å². The maximum atomic E-state index is 4.25. The molecule has 1 aromatic heterocycles. The molecule has 1 N–H and O–H groups in total. The van der Waals surface area contributed by atoms with Crippen LogP contribution in [0.4, 0.5) is 0 Å². The van der Waals surface area contributed by atoms with E-state index in [-0.39, 0.29) is 0 Å². The Balaban J connectivity index is 2.26. The van der Waals surface area contributed by atoms with Gasteiger partial charge in [-0.3, -0.25) is 4.68 Å². The Kier molecular flexibility index (Phi) is 4.99. The summed E-state index contributed by atoms with van der Waals surface area (Å²) in [7, 11) is 1.96. The average molecular weight is 369 g/mol. The predicted octanol–water partition coefficient (Wildman–Crippen LogP) is 3.23. The maximum absolute atomic E-state index is 4.25. The monoisotopic (exact) mass is 369 g/mol. The molecule has 0 radical (unpaired) electrons. The predicted molar refractivity (Wildman–Crippen MR) is 87.2 cm³/mol. The van der Waals surface area contributed by atoms with E-state index in [0.717, 1.165) is 13.0 Å². The molecule has 0 bridgehead atoms. The third kappa shape index (κ3) is 3.57.